The molecule has 0 radical (unpaired) electrons. The van der Waals surface area contributed by atoms with E-state index in [-0.39, 0.29) is 5.97 Å². The molecule has 2 aromatic rings. The average molecular weight is 323 g/mol. The predicted molar refractivity (Wildman–Crippen MR) is 77.1 cm³/mol. The molecule has 3 rings (SSSR count). The number of aromatic amines is 1. The van der Waals surface area contributed by atoms with E-state index in [1.165, 1.54) is 18.1 Å². The SMILES string of the molecule is COC(=O)C1(C)NCCc2c1[nH]c1ccc(Br)cc21. The first-order chi connectivity index (χ1) is 9.06. The van der Waals surface area contributed by atoms with Gasteiger partial charge in [-0.15, -0.1) is 0 Å². The van der Waals surface area contributed by atoms with Crippen molar-refractivity contribution in [3.05, 3.63) is 33.9 Å². The fraction of sp³-hybridized carbons (Fsp3) is 0.357. The first kappa shape index (κ1) is 12.7. The number of H-pyrrole nitrogens is 1. The molecular weight excluding hydrogens is 308 g/mol. The lowest BCUT2D eigenvalue weighted by atomic mass is 9.88. The van der Waals surface area contributed by atoms with Crippen LogP contribution in [-0.2, 0) is 21.5 Å². The number of methoxy groups -OCH3 is 1. The Morgan fingerprint density at radius 2 is 2.26 bits per heavy atom. The Hall–Kier alpha value is -1.33. The van der Waals surface area contributed by atoms with Crippen LogP contribution in [0.15, 0.2) is 22.7 Å². The van der Waals surface area contributed by atoms with Crippen molar-refractivity contribution < 1.29 is 9.53 Å². The lowest BCUT2D eigenvalue weighted by Crippen LogP contribution is -2.51. The van der Waals surface area contributed by atoms with E-state index in [0.29, 0.717) is 0 Å². The number of halogens is 1. The zero-order valence-electron chi connectivity index (χ0n) is 10.8. The van der Waals surface area contributed by atoms with Crippen LogP contribution in [0.5, 0.6) is 0 Å². The smallest absolute Gasteiger partial charge is 0.331 e. The number of nitrogens with one attached hydrogen (secondary N) is 2. The highest BCUT2D eigenvalue weighted by molar-refractivity contribution is 9.10. The first-order valence-corrected chi connectivity index (χ1v) is 6.99. The van der Waals surface area contributed by atoms with E-state index >= 15 is 0 Å². The van der Waals surface area contributed by atoms with Gasteiger partial charge >= 0.3 is 5.97 Å². The van der Waals surface area contributed by atoms with Crippen molar-refractivity contribution in [2.24, 2.45) is 0 Å². The van der Waals surface area contributed by atoms with Crippen LogP contribution in [0, 0.1) is 0 Å². The summed E-state index contributed by atoms with van der Waals surface area (Å²) in [5.41, 5.74) is 2.36. The maximum absolute atomic E-state index is 12.1. The maximum atomic E-state index is 12.1. The molecule has 0 fully saturated rings. The average Bonchev–Trinajstić information content (AvgIpc) is 2.78. The van der Waals surface area contributed by atoms with Crippen molar-refractivity contribution in [2.45, 2.75) is 18.9 Å². The number of carbonyl (C=O) groups is 1. The number of ether oxygens (including phenoxy) is 1. The summed E-state index contributed by atoms with van der Waals surface area (Å²) in [5, 5.41) is 4.43. The van der Waals surface area contributed by atoms with E-state index < -0.39 is 5.54 Å². The predicted octanol–water partition coefficient (Wildman–Crippen LogP) is 2.46. The highest BCUT2D eigenvalue weighted by Crippen LogP contribution is 2.35. The van der Waals surface area contributed by atoms with Gasteiger partial charge in [0, 0.05) is 21.9 Å². The van der Waals surface area contributed by atoms with E-state index in [9.17, 15) is 4.79 Å². The fourth-order valence-corrected chi connectivity index (χ4v) is 3.17. The Balaban J connectivity index is 2.26. The lowest BCUT2D eigenvalue weighted by molar-refractivity contribution is -0.148. The van der Waals surface area contributed by atoms with Crippen LogP contribution in [0.1, 0.15) is 18.2 Å². The molecular formula is C14H15BrN2O2. The van der Waals surface area contributed by atoms with Gasteiger partial charge in [0.05, 0.1) is 12.8 Å². The van der Waals surface area contributed by atoms with Gasteiger partial charge in [-0.05, 0) is 37.1 Å². The molecule has 0 saturated heterocycles. The summed E-state index contributed by atoms with van der Waals surface area (Å²) in [6.45, 7) is 2.62. The van der Waals surface area contributed by atoms with Crippen LogP contribution in [0.2, 0.25) is 0 Å². The quantitative estimate of drug-likeness (QED) is 0.793. The van der Waals surface area contributed by atoms with Gasteiger partial charge in [0.1, 0.15) is 0 Å². The summed E-state index contributed by atoms with van der Waals surface area (Å²) in [7, 11) is 1.42. The Morgan fingerprint density at radius 1 is 1.47 bits per heavy atom. The molecule has 5 heteroatoms. The van der Waals surface area contributed by atoms with Crippen LogP contribution in [0.3, 0.4) is 0 Å². The minimum absolute atomic E-state index is 0.265. The van der Waals surface area contributed by atoms with Gasteiger partial charge in [-0.25, -0.2) is 4.79 Å². The zero-order valence-corrected chi connectivity index (χ0v) is 12.4. The largest absolute Gasteiger partial charge is 0.467 e. The van der Waals surface area contributed by atoms with Crippen LogP contribution in [-0.4, -0.2) is 24.6 Å². The molecule has 1 aliphatic rings. The third-order valence-corrected chi connectivity index (χ3v) is 4.31. The van der Waals surface area contributed by atoms with E-state index in [1.54, 1.807) is 0 Å². The first-order valence-electron chi connectivity index (χ1n) is 6.20. The van der Waals surface area contributed by atoms with Crippen molar-refractivity contribution >= 4 is 32.8 Å². The third kappa shape index (κ3) is 1.80. The van der Waals surface area contributed by atoms with Gasteiger partial charge in [-0.3, -0.25) is 5.32 Å². The molecule has 1 atom stereocenters. The van der Waals surface area contributed by atoms with Crippen molar-refractivity contribution in [2.75, 3.05) is 13.7 Å². The van der Waals surface area contributed by atoms with E-state index in [0.717, 1.165) is 28.6 Å². The Morgan fingerprint density at radius 3 is 3.00 bits per heavy atom. The third-order valence-electron chi connectivity index (χ3n) is 3.82. The van der Waals surface area contributed by atoms with Crippen molar-refractivity contribution in [3.63, 3.8) is 0 Å². The number of benzene rings is 1. The molecule has 0 aliphatic carbocycles. The zero-order chi connectivity index (χ0) is 13.6. The summed E-state index contributed by atoms with van der Waals surface area (Å²) in [5.74, 6) is -0.265. The summed E-state index contributed by atoms with van der Waals surface area (Å²) >= 11 is 3.49. The molecule has 4 nitrogen and oxygen atoms in total. The van der Waals surface area contributed by atoms with Crippen LogP contribution < -0.4 is 5.32 Å². The topological polar surface area (TPSA) is 54.1 Å². The molecule has 1 unspecified atom stereocenters. The van der Waals surface area contributed by atoms with Gasteiger partial charge < -0.3 is 9.72 Å². The Kier molecular flexibility index (Phi) is 2.91. The second-order valence-corrected chi connectivity index (χ2v) is 5.88. The van der Waals surface area contributed by atoms with Crippen LogP contribution in [0.4, 0.5) is 0 Å². The minimum Gasteiger partial charge on any atom is -0.467 e. The molecule has 0 spiro atoms. The second kappa shape index (κ2) is 4.35. The fourth-order valence-electron chi connectivity index (χ4n) is 2.81. The number of hydrogen-bond acceptors (Lipinski definition) is 3. The normalized spacial score (nSPS) is 22.3. The van der Waals surface area contributed by atoms with Gasteiger partial charge in [0.15, 0.2) is 5.54 Å². The number of rotatable bonds is 1. The molecule has 1 aliphatic heterocycles. The van der Waals surface area contributed by atoms with E-state index in [4.69, 9.17) is 4.74 Å². The Bertz CT molecular complexity index is 665. The van der Waals surface area contributed by atoms with Gasteiger partial charge in [0.2, 0.25) is 0 Å². The van der Waals surface area contributed by atoms with E-state index in [2.05, 4.69) is 32.3 Å². The number of aromatic nitrogens is 1. The standard InChI is InChI=1S/C14H15BrN2O2/c1-14(13(18)19-2)12-9(5-6-16-14)10-7-8(15)3-4-11(10)17-12/h3-4,7,16-17H,5-6H2,1-2H3. The second-order valence-electron chi connectivity index (χ2n) is 4.96. The van der Waals surface area contributed by atoms with Crippen LogP contribution in [0.25, 0.3) is 10.9 Å². The van der Waals surface area contributed by atoms with E-state index in [1.807, 2.05) is 19.1 Å². The van der Waals surface area contributed by atoms with Crippen molar-refractivity contribution in [1.29, 1.82) is 0 Å². The van der Waals surface area contributed by atoms with Crippen molar-refractivity contribution in [1.82, 2.24) is 10.3 Å². The summed E-state index contributed by atoms with van der Waals surface area (Å²) < 4.78 is 5.98. The van der Waals surface area contributed by atoms with Gasteiger partial charge in [0.25, 0.3) is 0 Å². The molecule has 1 aromatic heterocycles. The highest BCUT2D eigenvalue weighted by atomic mass is 79.9. The number of hydrogen-bond donors (Lipinski definition) is 2. The van der Waals surface area contributed by atoms with Crippen LogP contribution >= 0.6 is 15.9 Å². The summed E-state index contributed by atoms with van der Waals surface area (Å²) in [4.78, 5) is 15.4. The maximum Gasteiger partial charge on any atom is 0.331 e. The molecule has 100 valence electrons. The number of carbonyl (C=O) groups excluding carboxylic acids is 1. The monoisotopic (exact) mass is 322 g/mol. The summed E-state index contributed by atoms with van der Waals surface area (Å²) in [6.07, 6.45) is 0.901. The molecule has 19 heavy (non-hydrogen) atoms. The summed E-state index contributed by atoms with van der Waals surface area (Å²) in [6, 6.07) is 6.11. The lowest BCUT2D eigenvalue weighted by Gasteiger charge is -2.32. The molecule has 0 bridgehead atoms. The Labute approximate surface area is 119 Å². The number of fused-ring (bicyclic) bond motifs is 3. The molecule has 0 saturated carbocycles. The highest BCUT2D eigenvalue weighted by Gasteiger charge is 2.42. The molecule has 0 amide bonds. The van der Waals surface area contributed by atoms with Gasteiger partial charge in [-0.2, -0.15) is 0 Å². The van der Waals surface area contributed by atoms with Gasteiger partial charge in [-0.1, -0.05) is 15.9 Å². The molecule has 2 N–H and O–H groups in total. The number of esters is 1. The molecule has 2 heterocycles. The molecule has 1 aromatic carbocycles. The van der Waals surface area contributed by atoms with Crippen molar-refractivity contribution in [3.8, 4) is 0 Å². The minimum atomic E-state index is -0.798.